The molecule has 0 aliphatic heterocycles. The lowest BCUT2D eigenvalue weighted by atomic mass is 10.1. The van der Waals surface area contributed by atoms with Gasteiger partial charge in [0.2, 0.25) is 5.91 Å². The molecule has 0 fully saturated rings. The van der Waals surface area contributed by atoms with Crippen LogP contribution in [0.1, 0.15) is 20.3 Å². The first kappa shape index (κ1) is 13.4. The fourth-order valence-electron chi connectivity index (χ4n) is 1.13. The maximum Gasteiger partial charge on any atom is 0.235 e. The second-order valence-electron chi connectivity index (χ2n) is 3.95. The van der Waals surface area contributed by atoms with Crippen LogP contribution in [-0.2, 0) is 4.79 Å². The fourth-order valence-corrected chi connectivity index (χ4v) is 1.13. The SMILES string of the molecule is CC(C)CC(O)CNCC(N)C(N)=O. The van der Waals surface area contributed by atoms with Crippen molar-refractivity contribution in [1.82, 2.24) is 5.32 Å². The molecular weight excluding hydrogens is 182 g/mol. The Morgan fingerprint density at radius 2 is 2.00 bits per heavy atom. The molecule has 14 heavy (non-hydrogen) atoms. The number of amides is 1. The quantitative estimate of drug-likeness (QED) is 0.417. The molecule has 0 aliphatic carbocycles. The summed E-state index contributed by atoms with van der Waals surface area (Å²) in [5.74, 6) is -0.0764. The molecule has 0 bridgehead atoms. The second-order valence-corrected chi connectivity index (χ2v) is 3.95. The number of hydrogen-bond donors (Lipinski definition) is 4. The minimum absolute atomic E-state index is 0.310. The van der Waals surface area contributed by atoms with Gasteiger partial charge in [0.25, 0.3) is 0 Å². The monoisotopic (exact) mass is 203 g/mol. The Labute approximate surface area is 84.8 Å². The van der Waals surface area contributed by atoms with E-state index in [2.05, 4.69) is 5.32 Å². The Balaban J connectivity index is 3.48. The molecule has 0 spiro atoms. The molecule has 0 aromatic rings. The molecule has 5 heteroatoms. The summed E-state index contributed by atoms with van der Waals surface area (Å²) in [5, 5.41) is 12.3. The minimum atomic E-state index is -0.679. The molecule has 0 saturated heterocycles. The van der Waals surface area contributed by atoms with Gasteiger partial charge in [-0.2, -0.15) is 0 Å². The van der Waals surface area contributed by atoms with Crippen molar-refractivity contribution in [2.45, 2.75) is 32.4 Å². The van der Waals surface area contributed by atoms with E-state index in [1.807, 2.05) is 13.8 Å². The van der Waals surface area contributed by atoms with Gasteiger partial charge in [0.15, 0.2) is 0 Å². The number of aliphatic hydroxyl groups excluding tert-OH is 1. The number of nitrogens with one attached hydrogen (secondary N) is 1. The molecule has 0 aromatic heterocycles. The second kappa shape index (κ2) is 6.75. The normalized spacial score (nSPS) is 15.5. The molecule has 0 rings (SSSR count). The van der Waals surface area contributed by atoms with Crippen LogP contribution in [0.15, 0.2) is 0 Å². The van der Waals surface area contributed by atoms with Gasteiger partial charge in [-0.1, -0.05) is 13.8 Å². The van der Waals surface area contributed by atoms with Crippen molar-refractivity contribution in [2.75, 3.05) is 13.1 Å². The van der Waals surface area contributed by atoms with E-state index in [1.54, 1.807) is 0 Å². The Morgan fingerprint density at radius 1 is 1.43 bits per heavy atom. The van der Waals surface area contributed by atoms with Crippen molar-refractivity contribution in [3.63, 3.8) is 0 Å². The summed E-state index contributed by atoms with van der Waals surface area (Å²) in [6, 6.07) is -0.679. The number of aliphatic hydroxyl groups is 1. The molecule has 0 saturated carbocycles. The first-order valence-electron chi connectivity index (χ1n) is 4.87. The molecule has 6 N–H and O–H groups in total. The number of primary amides is 1. The maximum absolute atomic E-state index is 10.5. The Morgan fingerprint density at radius 3 is 2.43 bits per heavy atom. The number of nitrogens with two attached hydrogens (primary N) is 2. The van der Waals surface area contributed by atoms with E-state index < -0.39 is 18.1 Å². The largest absolute Gasteiger partial charge is 0.392 e. The van der Waals surface area contributed by atoms with Gasteiger partial charge in [0.1, 0.15) is 0 Å². The third kappa shape index (κ3) is 6.82. The molecule has 0 radical (unpaired) electrons. The molecule has 84 valence electrons. The predicted octanol–water partition coefficient (Wildman–Crippen LogP) is -1.20. The Kier molecular flexibility index (Phi) is 6.44. The molecular formula is C9H21N3O2. The van der Waals surface area contributed by atoms with Crippen LogP contribution in [0.3, 0.4) is 0 Å². The van der Waals surface area contributed by atoms with Gasteiger partial charge in [0, 0.05) is 13.1 Å². The smallest absolute Gasteiger partial charge is 0.235 e. The first-order chi connectivity index (χ1) is 6.43. The average Bonchev–Trinajstić information content (AvgIpc) is 2.02. The highest BCUT2D eigenvalue weighted by atomic mass is 16.3. The number of carbonyl (C=O) groups excluding carboxylic acids is 1. The van der Waals surface area contributed by atoms with E-state index in [1.165, 1.54) is 0 Å². The fraction of sp³-hybridized carbons (Fsp3) is 0.889. The number of hydrogen-bond acceptors (Lipinski definition) is 4. The summed E-state index contributed by atoms with van der Waals surface area (Å²) in [6.07, 6.45) is 0.341. The highest BCUT2D eigenvalue weighted by Crippen LogP contribution is 2.02. The van der Waals surface area contributed by atoms with Crippen LogP contribution in [0.5, 0.6) is 0 Å². The third-order valence-corrected chi connectivity index (χ3v) is 1.85. The maximum atomic E-state index is 10.5. The lowest BCUT2D eigenvalue weighted by Crippen LogP contribution is -2.45. The van der Waals surface area contributed by atoms with Crippen LogP contribution in [0.2, 0.25) is 0 Å². The molecule has 0 aliphatic rings. The lowest BCUT2D eigenvalue weighted by molar-refractivity contribution is -0.119. The Hall–Kier alpha value is -0.650. The predicted molar refractivity (Wildman–Crippen MR) is 55.5 cm³/mol. The van der Waals surface area contributed by atoms with Crippen LogP contribution >= 0.6 is 0 Å². The molecule has 1 amide bonds. The topological polar surface area (TPSA) is 101 Å². The van der Waals surface area contributed by atoms with Crippen molar-refractivity contribution in [1.29, 1.82) is 0 Å². The van der Waals surface area contributed by atoms with E-state index in [0.717, 1.165) is 6.42 Å². The summed E-state index contributed by atoms with van der Waals surface area (Å²) in [4.78, 5) is 10.5. The van der Waals surface area contributed by atoms with Crippen LogP contribution < -0.4 is 16.8 Å². The van der Waals surface area contributed by atoms with Gasteiger partial charge in [-0.25, -0.2) is 0 Å². The summed E-state index contributed by atoms with van der Waals surface area (Å²) in [7, 11) is 0. The molecule has 0 aromatic carbocycles. The van der Waals surface area contributed by atoms with Gasteiger partial charge in [-0.3, -0.25) is 4.79 Å². The summed E-state index contributed by atoms with van der Waals surface area (Å²) in [5.41, 5.74) is 10.4. The first-order valence-corrected chi connectivity index (χ1v) is 4.87. The summed E-state index contributed by atoms with van der Waals surface area (Å²) < 4.78 is 0. The van der Waals surface area contributed by atoms with Gasteiger partial charge in [0.05, 0.1) is 12.1 Å². The lowest BCUT2D eigenvalue weighted by Gasteiger charge is -2.15. The molecule has 2 unspecified atom stereocenters. The van der Waals surface area contributed by atoms with Crippen LogP contribution in [-0.4, -0.2) is 36.2 Å². The van der Waals surface area contributed by atoms with Gasteiger partial charge >= 0.3 is 0 Å². The van der Waals surface area contributed by atoms with Gasteiger partial charge in [-0.05, 0) is 12.3 Å². The van der Waals surface area contributed by atoms with E-state index in [-0.39, 0.29) is 0 Å². The summed E-state index contributed by atoms with van der Waals surface area (Å²) in [6.45, 7) is 4.83. The van der Waals surface area contributed by atoms with E-state index in [4.69, 9.17) is 11.5 Å². The van der Waals surface area contributed by atoms with Crippen LogP contribution in [0, 0.1) is 5.92 Å². The zero-order chi connectivity index (χ0) is 11.1. The van der Waals surface area contributed by atoms with E-state index in [0.29, 0.717) is 19.0 Å². The molecule has 5 nitrogen and oxygen atoms in total. The molecule has 0 heterocycles. The van der Waals surface area contributed by atoms with Crippen molar-refractivity contribution in [2.24, 2.45) is 17.4 Å². The van der Waals surface area contributed by atoms with Crippen LogP contribution in [0.25, 0.3) is 0 Å². The summed E-state index contributed by atoms with van der Waals surface area (Å²) >= 11 is 0. The van der Waals surface area contributed by atoms with Crippen molar-refractivity contribution in [3.8, 4) is 0 Å². The minimum Gasteiger partial charge on any atom is -0.392 e. The zero-order valence-electron chi connectivity index (χ0n) is 8.86. The van der Waals surface area contributed by atoms with Crippen molar-refractivity contribution in [3.05, 3.63) is 0 Å². The van der Waals surface area contributed by atoms with Gasteiger partial charge in [-0.15, -0.1) is 0 Å². The number of rotatable bonds is 7. The zero-order valence-corrected chi connectivity index (χ0v) is 8.86. The standard InChI is InChI=1S/C9H21N3O2/c1-6(2)3-7(13)4-12-5-8(10)9(11)14/h6-8,12-13H,3-5,10H2,1-2H3,(H2,11,14). The Bertz CT molecular complexity index is 173. The third-order valence-electron chi connectivity index (χ3n) is 1.85. The van der Waals surface area contributed by atoms with E-state index >= 15 is 0 Å². The highest BCUT2D eigenvalue weighted by Gasteiger charge is 2.10. The molecule has 2 atom stereocenters. The highest BCUT2D eigenvalue weighted by molar-refractivity contribution is 5.79. The van der Waals surface area contributed by atoms with Crippen LogP contribution in [0.4, 0.5) is 0 Å². The van der Waals surface area contributed by atoms with Crippen molar-refractivity contribution >= 4 is 5.91 Å². The number of carbonyl (C=O) groups is 1. The average molecular weight is 203 g/mol. The van der Waals surface area contributed by atoms with Gasteiger partial charge < -0.3 is 21.9 Å². The van der Waals surface area contributed by atoms with Crippen molar-refractivity contribution < 1.29 is 9.90 Å². The van der Waals surface area contributed by atoms with E-state index in [9.17, 15) is 9.90 Å².